The molecular formula is C9H10OSe. The molecule has 0 bridgehead atoms. The number of hydrogen-bond donors (Lipinski definition) is 0. The Morgan fingerprint density at radius 2 is 2.00 bits per heavy atom. The average molecular weight is 213 g/mol. The van der Waals surface area contributed by atoms with Crippen LogP contribution in [0.3, 0.4) is 0 Å². The summed E-state index contributed by atoms with van der Waals surface area (Å²) in [6.45, 7) is 0. The Hall–Kier alpha value is -0.591. The first-order valence-electron chi connectivity index (χ1n) is 3.43. The van der Waals surface area contributed by atoms with E-state index in [0.29, 0.717) is 11.1 Å². The van der Waals surface area contributed by atoms with Gasteiger partial charge in [-0.05, 0) is 0 Å². The third-order valence-corrected chi connectivity index (χ3v) is 2.68. The van der Waals surface area contributed by atoms with Crippen molar-refractivity contribution in [1.82, 2.24) is 0 Å². The molecule has 0 spiro atoms. The maximum absolute atomic E-state index is 11.0. The standard InChI is InChI=1S/C9H10OSe/c1-11-9(10)7-8-5-3-2-4-6-8/h2-6H,7H2,1H3. The Bertz CT molecular complexity index is 231. The van der Waals surface area contributed by atoms with Gasteiger partial charge in [-0.25, -0.2) is 0 Å². The Morgan fingerprint density at radius 3 is 2.55 bits per heavy atom. The zero-order chi connectivity index (χ0) is 8.10. The molecule has 0 radical (unpaired) electrons. The van der Waals surface area contributed by atoms with Crippen molar-refractivity contribution < 1.29 is 4.79 Å². The monoisotopic (exact) mass is 214 g/mol. The molecular weight excluding hydrogens is 203 g/mol. The van der Waals surface area contributed by atoms with Crippen LogP contribution in [0.4, 0.5) is 0 Å². The van der Waals surface area contributed by atoms with E-state index in [1.54, 1.807) is 0 Å². The first kappa shape index (κ1) is 8.51. The van der Waals surface area contributed by atoms with Gasteiger partial charge in [0.1, 0.15) is 0 Å². The SMILES string of the molecule is C[Se]C(=O)Cc1ccccc1. The predicted octanol–water partition coefficient (Wildman–Crippen LogP) is 1.51. The van der Waals surface area contributed by atoms with Crippen LogP contribution in [0.1, 0.15) is 5.56 Å². The quantitative estimate of drug-likeness (QED) is 0.695. The molecule has 0 atom stereocenters. The van der Waals surface area contributed by atoms with E-state index >= 15 is 0 Å². The molecule has 0 aliphatic rings. The summed E-state index contributed by atoms with van der Waals surface area (Å²) in [4.78, 5) is 11.0. The molecule has 0 unspecified atom stereocenters. The van der Waals surface area contributed by atoms with Crippen molar-refractivity contribution in [3.05, 3.63) is 35.9 Å². The van der Waals surface area contributed by atoms with Gasteiger partial charge in [0.15, 0.2) is 0 Å². The zero-order valence-corrected chi connectivity index (χ0v) is 8.12. The van der Waals surface area contributed by atoms with Crippen molar-refractivity contribution in [2.45, 2.75) is 12.2 Å². The van der Waals surface area contributed by atoms with E-state index in [-0.39, 0.29) is 15.0 Å². The van der Waals surface area contributed by atoms with Gasteiger partial charge in [0.05, 0.1) is 0 Å². The van der Waals surface area contributed by atoms with Crippen LogP contribution in [0.5, 0.6) is 0 Å². The fourth-order valence-electron chi connectivity index (χ4n) is 0.835. The summed E-state index contributed by atoms with van der Waals surface area (Å²) < 4.78 is 0.365. The van der Waals surface area contributed by atoms with Crippen molar-refractivity contribution >= 4 is 19.6 Å². The molecule has 1 nitrogen and oxygen atoms in total. The zero-order valence-electron chi connectivity index (χ0n) is 6.41. The van der Waals surface area contributed by atoms with E-state index < -0.39 is 0 Å². The second-order valence-electron chi connectivity index (χ2n) is 2.24. The molecule has 11 heavy (non-hydrogen) atoms. The van der Waals surface area contributed by atoms with E-state index in [0.717, 1.165) is 5.56 Å². The van der Waals surface area contributed by atoms with Crippen LogP contribution in [0.15, 0.2) is 30.3 Å². The molecule has 1 aromatic carbocycles. The fraction of sp³-hybridized carbons (Fsp3) is 0.222. The van der Waals surface area contributed by atoms with E-state index in [9.17, 15) is 4.79 Å². The van der Waals surface area contributed by atoms with Gasteiger partial charge in [0.2, 0.25) is 0 Å². The number of benzene rings is 1. The molecule has 2 heteroatoms. The molecule has 1 rings (SSSR count). The summed E-state index contributed by atoms with van der Waals surface area (Å²) in [6.07, 6.45) is 0.608. The fourth-order valence-corrected chi connectivity index (χ4v) is 1.49. The molecule has 0 aromatic heterocycles. The van der Waals surface area contributed by atoms with Crippen LogP contribution in [0.25, 0.3) is 0 Å². The summed E-state index contributed by atoms with van der Waals surface area (Å²) >= 11 is 0.149. The van der Waals surface area contributed by atoms with Crippen LogP contribution in [-0.4, -0.2) is 19.6 Å². The van der Waals surface area contributed by atoms with Crippen LogP contribution < -0.4 is 0 Å². The Labute approximate surface area is 73.0 Å². The first-order chi connectivity index (χ1) is 5.33. The Morgan fingerprint density at radius 1 is 1.36 bits per heavy atom. The molecule has 0 aliphatic carbocycles. The third kappa shape index (κ3) is 2.87. The number of rotatable bonds is 3. The molecule has 0 saturated heterocycles. The van der Waals surface area contributed by atoms with Crippen molar-refractivity contribution in [3.63, 3.8) is 0 Å². The van der Waals surface area contributed by atoms with Gasteiger partial charge in [-0.15, -0.1) is 0 Å². The van der Waals surface area contributed by atoms with Gasteiger partial charge < -0.3 is 0 Å². The molecule has 0 amide bonds. The van der Waals surface area contributed by atoms with Crippen molar-refractivity contribution in [3.8, 4) is 0 Å². The third-order valence-electron chi connectivity index (χ3n) is 1.42. The van der Waals surface area contributed by atoms with Crippen LogP contribution in [0.2, 0.25) is 5.82 Å². The minimum atomic E-state index is 0.149. The maximum atomic E-state index is 11.0. The van der Waals surface area contributed by atoms with E-state index in [4.69, 9.17) is 0 Å². The second kappa shape index (κ2) is 4.32. The van der Waals surface area contributed by atoms with E-state index in [1.807, 2.05) is 36.2 Å². The van der Waals surface area contributed by atoms with Crippen molar-refractivity contribution in [2.24, 2.45) is 0 Å². The molecule has 0 saturated carbocycles. The van der Waals surface area contributed by atoms with Crippen molar-refractivity contribution in [2.75, 3.05) is 0 Å². The Balaban J connectivity index is 2.58. The van der Waals surface area contributed by atoms with E-state index in [2.05, 4.69) is 0 Å². The number of carbonyl (C=O) groups excluding carboxylic acids is 1. The van der Waals surface area contributed by atoms with Gasteiger partial charge in [-0.3, -0.25) is 0 Å². The normalized spacial score (nSPS) is 9.55. The minimum absolute atomic E-state index is 0.149. The topological polar surface area (TPSA) is 17.1 Å². The van der Waals surface area contributed by atoms with Gasteiger partial charge in [0.25, 0.3) is 0 Å². The van der Waals surface area contributed by atoms with Gasteiger partial charge in [0, 0.05) is 0 Å². The number of hydrogen-bond acceptors (Lipinski definition) is 1. The predicted molar refractivity (Wildman–Crippen MR) is 46.8 cm³/mol. The summed E-state index contributed by atoms with van der Waals surface area (Å²) in [5.41, 5.74) is 1.13. The molecule has 1 aromatic rings. The van der Waals surface area contributed by atoms with E-state index in [1.165, 1.54) is 0 Å². The van der Waals surface area contributed by atoms with Crippen LogP contribution in [-0.2, 0) is 11.2 Å². The molecule has 0 fully saturated rings. The summed E-state index contributed by atoms with van der Waals surface area (Å²) in [7, 11) is 0. The van der Waals surface area contributed by atoms with Crippen molar-refractivity contribution in [1.29, 1.82) is 0 Å². The molecule has 0 N–H and O–H groups in total. The number of carbonyl (C=O) groups is 1. The van der Waals surface area contributed by atoms with Gasteiger partial charge in [-0.1, -0.05) is 0 Å². The Kier molecular flexibility index (Phi) is 3.34. The average Bonchev–Trinajstić information content (AvgIpc) is 2.06. The molecule has 58 valence electrons. The first-order valence-corrected chi connectivity index (χ1v) is 6.00. The molecule has 0 aliphatic heterocycles. The van der Waals surface area contributed by atoms with Gasteiger partial charge in [-0.2, -0.15) is 0 Å². The summed E-state index contributed by atoms with van der Waals surface area (Å²) in [6, 6.07) is 9.87. The van der Waals surface area contributed by atoms with Gasteiger partial charge >= 0.3 is 72.6 Å². The second-order valence-corrected chi connectivity index (χ2v) is 4.05. The summed E-state index contributed by atoms with van der Waals surface area (Å²) in [5.74, 6) is 1.96. The summed E-state index contributed by atoms with van der Waals surface area (Å²) in [5, 5.41) is 0. The van der Waals surface area contributed by atoms with Crippen LogP contribution in [0, 0.1) is 0 Å². The molecule has 0 heterocycles. The van der Waals surface area contributed by atoms with Crippen LogP contribution >= 0.6 is 0 Å².